The molecule has 0 aliphatic carbocycles. The molecule has 0 amide bonds. The van der Waals surface area contributed by atoms with Crippen LogP contribution in [0.4, 0.5) is 0 Å². The normalized spacial score (nSPS) is 26.7. The van der Waals surface area contributed by atoms with Crippen LogP contribution in [0, 0.1) is 5.92 Å². The molecule has 0 radical (unpaired) electrons. The van der Waals surface area contributed by atoms with Gasteiger partial charge in [0.1, 0.15) is 0 Å². The van der Waals surface area contributed by atoms with Gasteiger partial charge in [-0.3, -0.25) is 0 Å². The van der Waals surface area contributed by atoms with Gasteiger partial charge in [-0.25, -0.2) is 0 Å². The Morgan fingerprint density at radius 2 is 2.00 bits per heavy atom. The van der Waals surface area contributed by atoms with E-state index in [1.165, 1.54) is 12.0 Å². The zero-order valence-corrected chi connectivity index (χ0v) is 9.22. The smallest absolute Gasteiger partial charge is 0.0406 e. The van der Waals surface area contributed by atoms with Crippen LogP contribution in [0.3, 0.4) is 0 Å². The van der Waals surface area contributed by atoms with Gasteiger partial charge in [-0.2, -0.15) is 0 Å². The molecule has 1 aromatic carbocycles. The average Bonchev–Trinajstić information content (AvgIpc) is 2.67. The SMILES string of the molecule is CC[C@@H]1CNC[C@H]1c1ccc(Cl)cc1. The molecule has 0 aromatic heterocycles. The Labute approximate surface area is 90.5 Å². The first-order valence-electron chi connectivity index (χ1n) is 5.27. The van der Waals surface area contributed by atoms with Crippen LogP contribution in [0.25, 0.3) is 0 Å². The van der Waals surface area contributed by atoms with Crippen LogP contribution < -0.4 is 5.32 Å². The standard InChI is InChI=1S/C12H16ClN/c1-2-9-7-14-8-12(9)10-3-5-11(13)6-4-10/h3-6,9,12,14H,2,7-8H2,1H3/t9-,12-/m1/s1. The molecule has 2 atom stereocenters. The van der Waals surface area contributed by atoms with Crippen LogP contribution in [-0.2, 0) is 0 Å². The van der Waals surface area contributed by atoms with Gasteiger partial charge in [0.2, 0.25) is 0 Å². The van der Waals surface area contributed by atoms with E-state index in [1.54, 1.807) is 0 Å². The second-order valence-corrected chi connectivity index (χ2v) is 4.42. The Bertz CT molecular complexity index is 294. The van der Waals surface area contributed by atoms with Crippen LogP contribution in [0.15, 0.2) is 24.3 Å². The summed E-state index contributed by atoms with van der Waals surface area (Å²) < 4.78 is 0. The predicted octanol–water partition coefficient (Wildman–Crippen LogP) is 3.05. The van der Waals surface area contributed by atoms with Crippen molar-refractivity contribution in [3.05, 3.63) is 34.9 Å². The average molecular weight is 210 g/mol. The maximum Gasteiger partial charge on any atom is 0.0406 e. The minimum atomic E-state index is 0.678. The van der Waals surface area contributed by atoms with E-state index >= 15 is 0 Å². The summed E-state index contributed by atoms with van der Waals surface area (Å²) in [4.78, 5) is 0. The molecule has 1 aromatic rings. The predicted molar refractivity (Wildman–Crippen MR) is 60.8 cm³/mol. The molecule has 1 aliphatic heterocycles. The van der Waals surface area contributed by atoms with Gasteiger partial charge >= 0.3 is 0 Å². The lowest BCUT2D eigenvalue weighted by molar-refractivity contribution is 0.503. The Morgan fingerprint density at radius 1 is 1.29 bits per heavy atom. The lowest BCUT2D eigenvalue weighted by Crippen LogP contribution is -2.09. The quantitative estimate of drug-likeness (QED) is 0.790. The van der Waals surface area contributed by atoms with Crippen molar-refractivity contribution in [1.29, 1.82) is 0 Å². The summed E-state index contributed by atoms with van der Waals surface area (Å²) in [6.45, 7) is 4.53. The van der Waals surface area contributed by atoms with Gasteiger partial charge in [-0.15, -0.1) is 0 Å². The summed E-state index contributed by atoms with van der Waals surface area (Å²) in [5, 5.41) is 4.28. The largest absolute Gasteiger partial charge is 0.316 e. The Morgan fingerprint density at radius 3 is 2.64 bits per heavy atom. The molecule has 76 valence electrons. The first-order valence-corrected chi connectivity index (χ1v) is 5.65. The molecule has 2 heteroatoms. The molecule has 2 rings (SSSR count). The second-order valence-electron chi connectivity index (χ2n) is 3.98. The lowest BCUT2D eigenvalue weighted by atomic mass is 9.87. The molecule has 1 N–H and O–H groups in total. The Hall–Kier alpha value is -0.530. The van der Waals surface area contributed by atoms with Gasteiger partial charge < -0.3 is 5.32 Å². The maximum absolute atomic E-state index is 5.87. The minimum absolute atomic E-state index is 0.678. The van der Waals surface area contributed by atoms with Crippen molar-refractivity contribution < 1.29 is 0 Å². The van der Waals surface area contributed by atoms with Crippen LogP contribution in [0.1, 0.15) is 24.8 Å². The van der Waals surface area contributed by atoms with Crippen molar-refractivity contribution in [1.82, 2.24) is 5.32 Å². The fourth-order valence-electron chi connectivity index (χ4n) is 2.26. The highest BCUT2D eigenvalue weighted by molar-refractivity contribution is 6.30. The van der Waals surface area contributed by atoms with E-state index in [-0.39, 0.29) is 0 Å². The highest BCUT2D eigenvalue weighted by Crippen LogP contribution is 2.30. The lowest BCUT2D eigenvalue weighted by Gasteiger charge is -2.16. The first-order chi connectivity index (χ1) is 6.81. The third-order valence-corrected chi connectivity index (χ3v) is 3.41. The molecule has 0 unspecified atom stereocenters. The second kappa shape index (κ2) is 4.33. The number of nitrogens with one attached hydrogen (secondary N) is 1. The maximum atomic E-state index is 5.87. The van der Waals surface area contributed by atoms with Gasteiger partial charge in [-0.05, 0) is 30.2 Å². The fraction of sp³-hybridized carbons (Fsp3) is 0.500. The number of hydrogen-bond acceptors (Lipinski definition) is 1. The van der Waals surface area contributed by atoms with Crippen molar-refractivity contribution >= 4 is 11.6 Å². The molecule has 0 bridgehead atoms. The van der Waals surface area contributed by atoms with Crippen molar-refractivity contribution in [2.45, 2.75) is 19.3 Å². The zero-order chi connectivity index (χ0) is 9.97. The molecule has 1 heterocycles. The number of rotatable bonds is 2. The number of hydrogen-bond donors (Lipinski definition) is 1. The molecule has 1 aliphatic rings. The van der Waals surface area contributed by atoms with Gasteiger partial charge in [-0.1, -0.05) is 37.1 Å². The molecule has 1 nitrogen and oxygen atoms in total. The number of benzene rings is 1. The summed E-state index contributed by atoms with van der Waals surface area (Å²) in [7, 11) is 0. The van der Waals surface area contributed by atoms with Crippen LogP contribution in [0.5, 0.6) is 0 Å². The summed E-state index contributed by atoms with van der Waals surface area (Å²) >= 11 is 5.87. The molecule has 0 spiro atoms. The van der Waals surface area contributed by atoms with Crippen molar-refractivity contribution in [2.24, 2.45) is 5.92 Å². The third kappa shape index (κ3) is 1.94. The van der Waals surface area contributed by atoms with E-state index in [2.05, 4.69) is 24.4 Å². The zero-order valence-electron chi connectivity index (χ0n) is 8.46. The number of halogens is 1. The first kappa shape index (κ1) is 10.0. The highest BCUT2D eigenvalue weighted by Gasteiger charge is 2.26. The van der Waals surface area contributed by atoms with Crippen LogP contribution in [0.2, 0.25) is 5.02 Å². The van der Waals surface area contributed by atoms with Crippen LogP contribution >= 0.6 is 11.6 Å². The Kier molecular flexibility index (Phi) is 3.09. The van der Waals surface area contributed by atoms with Gasteiger partial charge in [0.05, 0.1) is 0 Å². The van der Waals surface area contributed by atoms with Crippen molar-refractivity contribution in [3.63, 3.8) is 0 Å². The van der Waals surface area contributed by atoms with E-state index in [0.717, 1.165) is 24.0 Å². The summed E-state index contributed by atoms with van der Waals surface area (Å²) in [5.74, 6) is 1.47. The molecule has 1 fully saturated rings. The van der Waals surface area contributed by atoms with Gasteiger partial charge in [0, 0.05) is 17.5 Å². The fourth-order valence-corrected chi connectivity index (χ4v) is 2.39. The third-order valence-electron chi connectivity index (χ3n) is 3.16. The van der Waals surface area contributed by atoms with E-state index in [4.69, 9.17) is 11.6 Å². The monoisotopic (exact) mass is 209 g/mol. The Balaban J connectivity index is 2.17. The van der Waals surface area contributed by atoms with Gasteiger partial charge in [0.25, 0.3) is 0 Å². The van der Waals surface area contributed by atoms with E-state index < -0.39 is 0 Å². The van der Waals surface area contributed by atoms with Crippen molar-refractivity contribution in [3.8, 4) is 0 Å². The molecular formula is C12H16ClN. The van der Waals surface area contributed by atoms with E-state index in [9.17, 15) is 0 Å². The molecule has 0 saturated carbocycles. The summed E-state index contributed by atoms with van der Waals surface area (Å²) in [5.41, 5.74) is 1.42. The molecule has 1 saturated heterocycles. The summed E-state index contributed by atoms with van der Waals surface area (Å²) in [6, 6.07) is 8.29. The van der Waals surface area contributed by atoms with E-state index in [0.29, 0.717) is 5.92 Å². The van der Waals surface area contributed by atoms with E-state index in [1.807, 2.05) is 12.1 Å². The van der Waals surface area contributed by atoms with Crippen LogP contribution in [-0.4, -0.2) is 13.1 Å². The van der Waals surface area contributed by atoms with Gasteiger partial charge in [0.15, 0.2) is 0 Å². The topological polar surface area (TPSA) is 12.0 Å². The molecular weight excluding hydrogens is 194 g/mol. The molecule has 14 heavy (non-hydrogen) atoms. The minimum Gasteiger partial charge on any atom is -0.316 e. The van der Waals surface area contributed by atoms with Crippen molar-refractivity contribution in [2.75, 3.05) is 13.1 Å². The highest BCUT2D eigenvalue weighted by atomic mass is 35.5. The summed E-state index contributed by atoms with van der Waals surface area (Å²) in [6.07, 6.45) is 1.25.